The molecule has 0 radical (unpaired) electrons. The van der Waals surface area contributed by atoms with Crippen molar-refractivity contribution in [1.29, 1.82) is 5.26 Å². The van der Waals surface area contributed by atoms with E-state index in [9.17, 15) is 14.9 Å². The molecule has 1 heterocycles. The molecular weight excluding hydrogens is 370 g/mol. The zero-order valence-corrected chi connectivity index (χ0v) is 15.8. The Morgan fingerprint density at radius 1 is 1.17 bits per heavy atom. The maximum absolute atomic E-state index is 12.6. The molecule has 1 aromatic heterocycles. The van der Waals surface area contributed by atoms with E-state index in [1.807, 2.05) is 24.3 Å². The summed E-state index contributed by atoms with van der Waals surface area (Å²) in [5.41, 5.74) is 7.70. The number of carbonyl (C=O) groups is 2. The first-order chi connectivity index (χ1) is 14.0. The van der Waals surface area contributed by atoms with Crippen LogP contribution in [-0.2, 0) is 16.0 Å². The summed E-state index contributed by atoms with van der Waals surface area (Å²) in [6, 6.07) is 17.6. The van der Waals surface area contributed by atoms with Gasteiger partial charge in [-0.3, -0.25) is 4.79 Å². The second kappa shape index (κ2) is 8.71. The number of para-hydroxylation sites is 2. The van der Waals surface area contributed by atoms with E-state index in [4.69, 9.17) is 10.5 Å². The van der Waals surface area contributed by atoms with Crippen molar-refractivity contribution in [3.05, 3.63) is 71.4 Å². The van der Waals surface area contributed by atoms with Crippen LogP contribution in [0.4, 0.5) is 11.5 Å². The lowest BCUT2D eigenvalue weighted by molar-refractivity contribution is -0.115. The summed E-state index contributed by atoms with van der Waals surface area (Å²) in [4.78, 5) is 24.6. The summed E-state index contributed by atoms with van der Waals surface area (Å²) in [6.07, 6.45) is -0.177. The number of nitrogens with zero attached hydrogens (tertiary/aromatic N) is 3. The summed E-state index contributed by atoms with van der Waals surface area (Å²) in [5, 5.41) is 16.5. The van der Waals surface area contributed by atoms with Gasteiger partial charge in [0.1, 0.15) is 17.5 Å². The van der Waals surface area contributed by atoms with Gasteiger partial charge in [0.2, 0.25) is 5.91 Å². The Balaban J connectivity index is 1.84. The van der Waals surface area contributed by atoms with Gasteiger partial charge in [0.05, 0.1) is 35.7 Å². The fourth-order valence-electron chi connectivity index (χ4n) is 2.82. The number of rotatable bonds is 6. The minimum atomic E-state index is -0.529. The quantitative estimate of drug-likeness (QED) is 0.625. The van der Waals surface area contributed by atoms with Gasteiger partial charge >= 0.3 is 5.97 Å². The number of carbonyl (C=O) groups excluding carboxylic acids is 2. The number of nitrogen functional groups attached to an aromatic ring is 1. The van der Waals surface area contributed by atoms with Crippen LogP contribution < -0.4 is 11.1 Å². The van der Waals surface area contributed by atoms with Crippen molar-refractivity contribution >= 4 is 23.4 Å². The number of amides is 1. The molecule has 146 valence electrons. The Morgan fingerprint density at radius 2 is 1.86 bits per heavy atom. The molecule has 0 aliphatic carbocycles. The topological polar surface area (TPSA) is 123 Å². The fourth-order valence-corrected chi connectivity index (χ4v) is 2.82. The van der Waals surface area contributed by atoms with Crippen molar-refractivity contribution < 1.29 is 14.3 Å². The van der Waals surface area contributed by atoms with Gasteiger partial charge in [0, 0.05) is 0 Å². The normalized spacial score (nSPS) is 10.2. The van der Waals surface area contributed by atoms with Gasteiger partial charge in [-0.15, -0.1) is 0 Å². The van der Waals surface area contributed by atoms with Crippen molar-refractivity contribution in [2.75, 3.05) is 17.7 Å². The first-order valence-corrected chi connectivity index (χ1v) is 8.94. The molecule has 0 saturated heterocycles. The third-order valence-corrected chi connectivity index (χ3v) is 4.13. The molecule has 0 spiro atoms. The average molecular weight is 389 g/mol. The highest BCUT2D eigenvalue weighted by molar-refractivity contribution is 6.01. The molecule has 0 fully saturated rings. The van der Waals surface area contributed by atoms with Crippen LogP contribution in [0.25, 0.3) is 5.69 Å². The van der Waals surface area contributed by atoms with Crippen LogP contribution in [0.2, 0.25) is 0 Å². The predicted octanol–water partition coefficient (Wildman–Crippen LogP) is 2.68. The smallest absolute Gasteiger partial charge is 0.340 e. The number of hydrogen-bond acceptors (Lipinski definition) is 6. The van der Waals surface area contributed by atoms with Gasteiger partial charge < -0.3 is 15.8 Å². The Morgan fingerprint density at radius 3 is 2.55 bits per heavy atom. The number of nitrogens with two attached hydrogens (primary N) is 1. The van der Waals surface area contributed by atoms with Gasteiger partial charge in [-0.25, -0.2) is 9.48 Å². The van der Waals surface area contributed by atoms with Crippen LogP contribution in [0.3, 0.4) is 0 Å². The van der Waals surface area contributed by atoms with E-state index < -0.39 is 11.9 Å². The second-order valence-corrected chi connectivity index (χ2v) is 6.06. The maximum Gasteiger partial charge on any atom is 0.340 e. The fraction of sp³-hybridized carbons (Fsp3) is 0.143. The second-order valence-electron chi connectivity index (χ2n) is 6.06. The molecule has 8 nitrogen and oxygen atoms in total. The summed E-state index contributed by atoms with van der Waals surface area (Å²) >= 11 is 0. The van der Waals surface area contributed by atoms with E-state index in [1.165, 1.54) is 4.68 Å². The van der Waals surface area contributed by atoms with Crippen molar-refractivity contribution in [2.24, 2.45) is 0 Å². The molecule has 29 heavy (non-hydrogen) atoms. The van der Waals surface area contributed by atoms with Crippen molar-refractivity contribution in [3.63, 3.8) is 0 Å². The third kappa shape index (κ3) is 4.25. The number of aromatic nitrogens is 2. The van der Waals surface area contributed by atoms with E-state index in [2.05, 4.69) is 10.4 Å². The Kier molecular flexibility index (Phi) is 5.90. The highest BCUT2D eigenvalue weighted by Crippen LogP contribution is 2.22. The number of nitriles is 1. The molecule has 8 heteroatoms. The summed E-state index contributed by atoms with van der Waals surface area (Å²) in [6.45, 7) is 1.93. The predicted molar refractivity (Wildman–Crippen MR) is 107 cm³/mol. The zero-order chi connectivity index (χ0) is 20.8. The standard InChI is InChI=1S/C21H19N5O3/c1-2-29-21(28)15-10-6-7-11-17(15)24-19(27)12-18-16(13-22)20(23)26(25-18)14-8-4-3-5-9-14/h3-11H,2,12,23H2,1H3,(H,24,27). The van der Waals surface area contributed by atoms with Crippen LogP contribution in [0.15, 0.2) is 54.6 Å². The van der Waals surface area contributed by atoms with Crippen LogP contribution in [0.5, 0.6) is 0 Å². The van der Waals surface area contributed by atoms with Crippen LogP contribution in [-0.4, -0.2) is 28.3 Å². The highest BCUT2D eigenvalue weighted by atomic mass is 16.5. The zero-order valence-electron chi connectivity index (χ0n) is 15.8. The highest BCUT2D eigenvalue weighted by Gasteiger charge is 2.20. The summed E-state index contributed by atoms with van der Waals surface area (Å²) < 4.78 is 6.43. The molecule has 0 atom stereocenters. The Labute approximate surface area is 167 Å². The van der Waals surface area contributed by atoms with E-state index in [-0.39, 0.29) is 35.7 Å². The summed E-state index contributed by atoms with van der Waals surface area (Å²) in [7, 11) is 0. The molecule has 2 aromatic carbocycles. The number of benzene rings is 2. The molecule has 0 saturated carbocycles. The molecule has 3 aromatic rings. The first kappa shape index (κ1) is 19.6. The molecule has 0 aliphatic heterocycles. The van der Waals surface area contributed by atoms with Crippen LogP contribution in [0.1, 0.15) is 28.5 Å². The number of nitrogens with one attached hydrogen (secondary N) is 1. The average Bonchev–Trinajstić information content (AvgIpc) is 3.04. The molecule has 1 amide bonds. The number of anilines is 2. The van der Waals surface area contributed by atoms with E-state index in [0.29, 0.717) is 11.4 Å². The Bertz CT molecular complexity index is 1080. The number of ether oxygens (including phenoxy) is 1. The number of hydrogen-bond donors (Lipinski definition) is 2. The van der Waals surface area contributed by atoms with E-state index in [1.54, 1.807) is 43.3 Å². The van der Waals surface area contributed by atoms with E-state index in [0.717, 1.165) is 0 Å². The molecule has 0 unspecified atom stereocenters. The van der Waals surface area contributed by atoms with Crippen molar-refractivity contribution in [2.45, 2.75) is 13.3 Å². The van der Waals surface area contributed by atoms with E-state index >= 15 is 0 Å². The van der Waals surface area contributed by atoms with Gasteiger partial charge in [0.25, 0.3) is 0 Å². The lowest BCUT2D eigenvalue weighted by Gasteiger charge is -2.09. The monoisotopic (exact) mass is 389 g/mol. The molecular formula is C21H19N5O3. The molecule has 0 bridgehead atoms. The van der Waals surface area contributed by atoms with Crippen LogP contribution in [0, 0.1) is 11.3 Å². The van der Waals surface area contributed by atoms with Crippen molar-refractivity contribution in [1.82, 2.24) is 9.78 Å². The minimum absolute atomic E-state index is 0.141. The van der Waals surface area contributed by atoms with Crippen LogP contribution >= 0.6 is 0 Å². The van der Waals surface area contributed by atoms with Gasteiger partial charge in [-0.05, 0) is 31.2 Å². The Hall–Kier alpha value is -4.12. The maximum atomic E-state index is 12.6. The van der Waals surface area contributed by atoms with Crippen molar-refractivity contribution in [3.8, 4) is 11.8 Å². The molecule has 3 N–H and O–H groups in total. The first-order valence-electron chi connectivity index (χ1n) is 8.94. The van der Waals surface area contributed by atoms with Gasteiger partial charge in [0.15, 0.2) is 0 Å². The van der Waals surface area contributed by atoms with Gasteiger partial charge in [-0.2, -0.15) is 10.4 Å². The van der Waals surface area contributed by atoms with Gasteiger partial charge in [-0.1, -0.05) is 30.3 Å². The SMILES string of the molecule is CCOC(=O)c1ccccc1NC(=O)Cc1nn(-c2ccccc2)c(N)c1C#N. The molecule has 3 rings (SSSR count). The largest absolute Gasteiger partial charge is 0.462 e. The minimum Gasteiger partial charge on any atom is -0.462 e. The third-order valence-electron chi connectivity index (χ3n) is 4.13. The lowest BCUT2D eigenvalue weighted by atomic mass is 10.1. The molecule has 0 aliphatic rings. The summed E-state index contributed by atoms with van der Waals surface area (Å²) in [5.74, 6) is -0.803. The number of esters is 1. The lowest BCUT2D eigenvalue weighted by Crippen LogP contribution is -2.18.